The van der Waals surface area contributed by atoms with Gasteiger partial charge in [0.15, 0.2) is 5.65 Å². The van der Waals surface area contributed by atoms with E-state index in [4.69, 9.17) is 28.2 Å². The maximum atomic E-state index is 6.38. The Morgan fingerprint density at radius 3 is 2.86 bits per heavy atom. The minimum atomic E-state index is -0.137. The molecule has 2 aromatic heterocycles. The van der Waals surface area contributed by atoms with Crippen molar-refractivity contribution in [1.82, 2.24) is 14.5 Å². The predicted molar refractivity (Wildman–Crippen MR) is 91.6 cm³/mol. The number of rotatable bonds is 3. The molecule has 6 heteroatoms. The van der Waals surface area contributed by atoms with Crippen LogP contribution in [0, 0.1) is 0 Å². The van der Waals surface area contributed by atoms with Gasteiger partial charge in [-0.05, 0) is 32.1 Å². The molecule has 2 heterocycles. The van der Waals surface area contributed by atoms with Crippen molar-refractivity contribution in [3.05, 3.63) is 23.1 Å². The largest absolute Gasteiger partial charge is 0.307 e. The molecule has 2 aromatic rings. The molecular weight excluding hydrogens is 325 g/mol. The molecule has 0 aliphatic heterocycles. The standard InChI is InChI=1S/C15H19Cl2N3S/c1-9(16)14-19-11-7-10(17)8-18-15(11)20(14)12-5-3-4-6-13(12)21-2/h7-9,12-13H,3-6H2,1-2H3. The second-order valence-corrected chi connectivity index (χ2v) is 7.75. The molecule has 1 aliphatic carbocycles. The van der Waals surface area contributed by atoms with Crippen molar-refractivity contribution < 1.29 is 0 Å². The van der Waals surface area contributed by atoms with Gasteiger partial charge in [0, 0.05) is 17.5 Å². The van der Waals surface area contributed by atoms with E-state index >= 15 is 0 Å². The fraction of sp³-hybridized carbons (Fsp3) is 0.600. The van der Waals surface area contributed by atoms with E-state index in [0.29, 0.717) is 16.3 Å². The molecule has 0 saturated heterocycles. The van der Waals surface area contributed by atoms with Gasteiger partial charge in [-0.2, -0.15) is 11.8 Å². The number of hydrogen-bond donors (Lipinski definition) is 0. The van der Waals surface area contributed by atoms with Gasteiger partial charge in [-0.1, -0.05) is 24.4 Å². The van der Waals surface area contributed by atoms with E-state index in [9.17, 15) is 0 Å². The zero-order valence-electron chi connectivity index (χ0n) is 12.2. The first-order valence-corrected chi connectivity index (χ1v) is 9.42. The fourth-order valence-corrected chi connectivity index (χ4v) is 4.51. The first-order chi connectivity index (χ1) is 10.1. The molecule has 3 unspecified atom stereocenters. The van der Waals surface area contributed by atoms with Gasteiger partial charge in [0.25, 0.3) is 0 Å². The van der Waals surface area contributed by atoms with Crippen molar-refractivity contribution in [2.75, 3.05) is 6.26 Å². The first-order valence-electron chi connectivity index (χ1n) is 7.32. The summed E-state index contributed by atoms with van der Waals surface area (Å²) in [5.74, 6) is 0.910. The number of alkyl halides is 1. The van der Waals surface area contributed by atoms with Crippen LogP contribution in [0.2, 0.25) is 5.02 Å². The van der Waals surface area contributed by atoms with Crippen LogP contribution in [-0.2, 0) is 0 Å². The van der Waals surface area contributed by atoms with Gasteiger partial charge in [0.1, 0.15) is 11.3 Å². The average Bonchev–Trinajstić information content (AvgIpc) is 2.85. The summed E-state index contributed by atoms with van der Waals surface area (Å²) < 4.78 is 2.27. The number of fused-ring (bicyclic) bond motifs is 1. The first kappa shape index (κ1) is 15.4. The Kier molecular flexibility index (Phi) is 4.67. The van der Waals surface area contributed by atoms with Crippen LogP contribution in [0.15, 0.2) is 12.3 Å². The highest BCUT2D eigenvalue weighted by molar-refractivity contribution is 7.99. The molecule has 114 valence electrons. The van der Waals surface area contributed by atoms with Gasteiger partial charge in [-0.15, -0.1) is 11.6 Å². The molecule has 0 aromatic carbocycles. The van der Waals surface area contributed by atoms with Crippen molar-refractivity contribution in [2.45, 2.75) is 49.3 Å². The number of hydrogen-bond acceptors (Lipinski definition) is 3. The van der Waals surface area contributed by atoms with E-state index < -0.39 is 0 Å². The van der Waals surface area contributed by atoms with Crippen molar-refractivity contribution in [2.24, 2.45) is 0 Å². The second kappa shape index (κ2) is 6.35. The molecule has 0 radical (unpaired) electrons. The Bertz CT molecular complexity index is 641. The lowest BCUT2D eigenvalue weighted by atomic mass is 9.94. The molecule has 1 aliphatic rings. The Balaban J connectivity index is 2.16. The highest BCUT2D eigenvalue weighted by Crippen LogP contribution is 2.39. The summed E-state index contributed by atoms with van der Waals surface area (Å²) in [6.45, 7) is 1.97. The maximum Gasteiger partial charge on any atom is 0.160 e. The molecule has 1 fully saturated rings. The number of imidazole rings is 1. The van der Waals surface area contributed by atoms with Gasteiger partial charge in [0.05, 0.1) is 10.4 Å². The number of aromatic nitrogens is 3. The smallest absolute Gasteiger partial charge is 0.160 e. The lowest BCUT2D eigenvalue weighted by molar-refractivity contribution is 0.362. The molecular formula is C15H19Cl2N3S. The minimum absolute atomic E-state index is 0.137. The lowest BCUT2D eigenvalue weighted by Crippen LogP contribution is -2.27. The highest BCUT2D eigenvalue weighted by atomic mass is 35.5. The Morgan fingerprint density at radius 1 is 1.38 bits per heavy atom. The van der Waals surface area contributed by atoms with Crippen LogP contribution in [0.1, 0.15) is 49.9 Å². The third kappa shape index (κ3) is 2.90. The Hall–Kier alpha value is -0.450. The quantitative estimate of drug-likeness (QED) is 0.714. The van der Waals surface area contributed by atoms with E-state index in [-0.39, 0.29) is 5.38 Å². The number of pyridine rings is 1. The number of thioether (sulfide) groups is 1. The van der Waals surface area contributed by atoms with Crippen LogP contribution in [-0.4, -0.2) is 26.0 Å². The molecule has 3 atom stereocenters. The molecule has 0 amide bonds. The SMILES string of the molecule is CSC1CCCCC1n1c(C(C)Cl)nc2cc(Cl)cnc21. The van der Waals surface area contributed by atoms with Crippen LogP contribution in [0.25, 0.3) is 11.2 Å². The summed E-state index contributed by atoms with van der Waals surface area (Å²) >= 11 is 14.4. The van der Waals surface area contributed by atoms with Crippen LogP contribution >= 0.6 is 35.0 Å². The van der Waals surface area contributed by atoms with Crippen molar-refractivity contribution in [1.29, 1.82) is 0 Å². The number of halogens is 2. The molecule has 0 bridgehead atoms. The van der Waals surface area contributed by atoms with E-state index in [1.807, 2.05) is 24.8 Å². The van der Waals surface area contributed by atoms with Crippen LogP contribution < -0.4 is 0 Å². The van der Waals surface area contributed by atoms with Gasteiger partial charge in [-0.3, -0.25) is 0 Å². The van der Waals surface area contributed by atoms with E-state index in [2.05, 4.69) is 15.8 Å². The third-order valence-corrected chi connectivity index (χ3v) is 5.74. The zero-order chi connectivity index (χ0) is 15.0. The topological polar surface area (TPSA) is 30.7 Å². The summed E-state index contributed by atoms with van der Waals surface area (Å²) in [6, 6.07) is 2.30. The van der Waals surface area contributed by atoms with E-state index in [1.54, 1.807) is 6.20 Å². The molecule has 1 saturated carbocycles. The monoisotopic (exact) mass is 343 g/mol. The van der Waals surface area contributed by atoms with Gasteiger partial charge in [0.2, 0.25) is 0 Å². The van der Waals surface area contributed by atoms with E-state index in [0.717, 1.165) is 23.4 Å². The van der Waals surface area contributed by atoms with Crippen LogP contribution in [0.3, 0.4) is 0 Å². The van der Waals surface area contributed by atoms with Crippen LogP contribution in [0.4, 0.5) is 0 Å². The lowest BCUT2D eigenvalue weighted by Gasteiger charge is -2.32. The summed E-state index contributed by atoms with van der Waals surface area (Å²) in [4.78, 5) is 9.22. The zero-order valence-corrected chi connectivity index (χ0v) is 14.5. The summed E-state index contributed by atoms with van der Waals surface area (Å²) in [5, 5.41) is 1.08. The Morgan fingerprint density at radius 2 is 2.14 bits per heavy atom. The Labute approximate surface area is 139 Å². The maximum absolute atomic E-state index is 6.38. The van der Waals surface area contributed by atoms with Crippen LogP contribution in [0.5, 0.6) is 0 Å². The van der Waals surface area contributed by atoms with Crippen molar-refractivity contribution >= 4 is 46.1 Å². The average molecular weight is 344 g/mol. The summed E-state index contributed by atoms with van der Waals surface area (Å²) in [7, 11) is 0. The molecule has 3 nitrogen and oxygen atoms in total. The van der Waals surface area contributed by atoms with Gasteiger partial charge < -0.3 is 4.57 Å². The summed E-state index contributed by atoms with van der Waals surface area (Å²) in [6.07, 6.45) is 8.86. The van der Waals surface area contributed by atoms with Gasteiger partial charge >= 0.3 is 0 Å². The van der Waals surface area contributed by atoms with Crippen molar-refractivity contribution in [3.8, 4) is 0 Å². The van der Waals surface area contributed by atoms with Gasteiger partial charge in [-0.25, -0.2) is 9.97 Å². The van der Waals surface area contributed by atoms with E-state index in [1.165, 1.54) is 19.3 Å². The normalized spacial score (nSPS) is 24.4. The molecule has 0 spiro atoms. The predicted octanol–water partition coefficient (Wildman–Crippen LogP) is 5.23. The fourth-order valence-electron chi connectivity index (χ4n) is 3.23. The third-order valence-electron chi connectivity index (χ3n) is 4.18. The molecule has 21 heavy (non-hydrogen) atoms. The highest BCUT2D eigenvalue weighted by Gasteiger charge is 2.30. The summed E-state index contributed by atoms with van der Waals surface area (Å²) in [5.41, 5.74) is 1.75. The number of nitrogens with zero attached hydrogens (tertiary/aromatic N) is 3. The minimum Gasteiger partial charge on any atom is -0.307 e. The molecule has 3 rings (SSSR count). The molecule has 0 N–H and O–H groups in total. The van der Waals surface area contributed by atoms with Crippen molar-refractivity contribution in [3.63, 3.8) is 0 Å². The second-order valence-electron chi connectivity index (χ2n) is 5.58.